The van der Waals surface area contributed by atoms with E-state index in [9.17, 15) is 9.59 Å². The van der Waals surface area contributed by atoms with E-state index in [0.717, 1.165) is 0 Å². The average Bonchev–Trinajstić information content (AvgIpc) is 2.71. The zero-order chi connectivity index (χ0) is 22.0. The third-order valence-electron chi connectivity index (χ3n) is 4.79. The molecule has 0 fully saturated rings. The van der Waals surface area contributed by atoms with Gasteiger partial charge >= 0.3 is 5.97 Å². The number of aromatic amines is 2. The number of aromatic nitrogens is 2. The number of carbonyl (C=O) groups is 1. The van der Waals surface area contributed by atoms with E-state index in [0.29, 0.717) is 45.5 Å². The summed E-state index contributed by atoms with van der Waals surface area (Å²) in [5, 5.41) is 3.06. The van der Waals surface area contributed by atoms with Gasteiger partial charge in [0.05, 0.1) is 45.0 Å². The second kappa shape index (κ2) is 8.62. The number of rotatable bonds is 6. The lowest BCUT2D eigenvalue weighted by Crippen LogP contribution is -2.31. The molecule has 0 bridgehead atoms. The normalized spacial score (nSPS) is 15.2. The van der Waals surface area contributed by atoms with Crippen LogP contribution in [0.25, 0.3) is 0 Å². The maximum atomic E-state index is 12.9. The summed E-state index contributed by atoms with van der Waals surface area (Å²) in [7, 11) is 4.49. The molecule has 0 saturated heterocycles. The maximum Gasteiger partial charge on any atom is 0.336 e. The molecule has 0 saturated carbocycles. The van der Waals surface area contributed by atoms with E-state index in [4.69, 9.17) is 31.2 Å². The predicted octanol–water partition coefficient (Wildman–Crippen LogP) is 2.85. The van der Waals surface area contributed by atoms with E-state index in [1.54, 1.807) is 26.0 Å². The minimum atomic E-state index is -0.760. The quantitative estimate of drug-likeness (QED) is 0.471. The van der Waals surface area contributed by atoms with Crippen molar-refractivity contribution in [2.75, 3.05) is 33.3 Å². The lowest BCUT2D eigenvalue weighted by Gasteiger charge is -2.29. The molecule has 9 nitrogen and oxygen atoms in total. The number of esters is 1. The fourth-order valence-corrected chi connectivity index (χ4v) is 3.76. The van der Waals surface area contributed by atoms with Crippen molar-refractivity contribution >= 4 is 24.0 Å². The number of anilines is 1. The molecule has 30 heavy (non-hydrogen) atoms. The number of benzene rings is 1. The van der Waals surface area contributed by atoms with E-state index in [1.165, 1.54) is 21.3 Å². The van der Waals surface area contributed by atoms with Gasteiger partial charge in [-0.15, -0.1) is 0 Å². The van der Waals surface area contributed by atoms with Gasteiger partial charge in [-0.1, -0.05) is 0 Å². The third-order valence-corrected chi connectivity index (χ3v) is 4.99. The van der Waals surface area contributed by atoms with E-state index >= 15 is 0 Å². The summed E-state index contributed by atoms with van der Waals surface area (Å²) in [5.41, 5.74) is 1.30. The van der Waals surface area contributed by atoms with Crippen molar-refractivity contribution in [3.63, 3.8) is 0 Å². The summed E-state index contributed by atoms with van der Waals surface area (Å²) in [6.45, 7) is 3.65. The molecule has 2 heterocycles. The van der Waals surface area contributed by atoms with Gasteiger partial charge in [-0.2, -0.15) is 0 Å². The second-order valence-corrected chi connectivity index (χ2v) is 6.88. The lowest BCUT2D eigenvalue weighted by atomic mass is 9.82. The third kappa shape index (κ3) is 3.65. The van der Waals surface area contributed by atoms with Gasteiger partial charge in [0, 0.05) is 5.70 Å². The Morgan fingerprint density at radius 3 is 2.27 bits per heavy atom. The van der Waals surface area contributed by atoms with Crippen LogP contribution in [0.2, 0.25) is 0 Å². The number of H-pyrrole nitrogens is 2. The fraction of sp³-hybridized carbons (Fsp3) is 0.350. The zero-order valence-corrected chi connectivity index (χ0v) is 18.1. The number of carbonyl (C=O) groups excluding carboxylic acids is 1. The maximum absolute atomic E-state index is 12.9. The Kier molecular flexibility index (Phi) is 6.16. The van der Waals surface area contributed by atoms with Crippen molar-refractivity contribution in [2.45, 2.75) is 19.8 Å². The molecule has 0 unspecified atom stereocenters. The highest BCUT2D eigenvalue weighted by Crippen LogP contribution is 2.45. The van der Waals surface area contributed by atoms with Crippen LogP contribution in [0.15, 0.2) is 28.2 Å². The number of methoxy groups -OCH3 is 3. The number of ether oxygens (including phenoxy) is 4. The Hall–Kier alpha value is -3.27. The molecular weight excluding hydrogens is 410 g/mol. The van der Waals surface area contributed by atoms with Crippen molar-refractivity contribution in [3.05, 3.63) is 49.7 Å². The number of nitrogens with one attached hydrogen (secondary N) is 3. The van der Waals surface area contributed by atoms with Crippen molar-refractivity contribution in [3.8, 4) is 17.2 Å². The van der Waals surface area contributed by atoms with Gasteiger partial charge in [-0.25, -0.2) is 4.79 Å². The molecule has 10 heteroatoms. The van der Waals surface area contributed by atoms with E-state index in [-0.39, 0.29) is 11.4 Å². The van der Waals surface area contributed by atoms with Crippen LogP contribution >= 0.6 is 12.2 Å². The highest BCUT2D eigenvalue weighted by molar-refractivity contribution is 7.71. The Balaban J connectivity index is 2.35. The number of hydrogen-bond acceptors (Lipinski definition) is 8. The van der Waals surface area contributed by atoms with Gasteiger partial charge in [0.2, 0.25) is 5.75 Å². The van der Waals surface area contributed by atoms with Crippen LogP contribution in [0.1, 0.15) is 30.9 Å². The Labute approximate surface area is 178 Å². The summed E-state index contributed by atoms with van der Waals surface area (Å²) in [5.74, 6) is 0.310. The van der Waals surface area contributed by atoms with Crippen molar-refractivity contribution in [2.24, 2.45) is 0 Å². The SMILES string of the molecule is CCOC(=O)C1=C(C)Nc2[nH]c(=S)[nH]c(=O)c2[C@H]1c1cc(OC)c(OC)c(OC)c1. The predicted molar refractivity (Wildman–Crippen MR) is 113 cm³/mol. The second-order valence-electron chi connectivity index (χ2n) is 6.47. The molecule has 0 aliphatic carbocycles. The van der Waals surface area contributed by atoms with Crippen LogP contribution in [-0.2, 0) is 9.53 Å². The topological polar surface area (TPSA) is 115 Å². The number of hydrogen-bond donors (Lipinski definition) is 3. The molecular formula is C20H23N3O6S. The summed E-state index contributed by atoms with van der Waals surface area (Å²) < 4.78 is 21.7. The Morgan fingerprint density at radius 2 is 1.73 bits per heavy atom. The average molecular weight is 433 g/mol. The molecule has 0 radical (unpaired) electrons. The fourth-order valence-electron chi connectivity index (χ4n) is 3.57. The summed E-state index contributed by atoms with van der Waals surface area (Å²) in [4.78, 5) is 31.3. The molecule has 3 N–H and O–H groups in total. The summed E-state index contributed by atoms with van der Waals surface area (Å²) in [6.07, 6.45) is 0. The number of allylic oxidation sites excluding steroid dienone is 1. The first-order chi connectivity index (χ1) is 14.4. The molecule has 3 rings (SSSR count). The highest BCUT2D eigenvalue weighted by Gasteiger charge is 2.36. The van der Waals surface area contributed by atoms with Crippen molar-refractivity contribution in [1.29, 1.82) is 0 Å². The lowest BCUT2D eigenvalue weighted by molar-refractivity contribution is -0.138. The van der Waals surface area contributed by atoms with Gasteiger partial charge in [0.15, 0.2) is 16.3 Å². The van der Waals surface area contributed by atoms with Gasteiger partial charge < -0.3 is 29.2 Å². The standard InChI is InChI=1S/C20H23N3O6S/c1-6-29-19(25)13-9(2)21-17-15(18(24)23-20(30)22-17)14(13)10-7-11(26-3)16(28-5)12(8-10)27-4/h7-8,14H,6H2,1-5H3,(H3,21,22,23,24,30)/t14-/m0/s1. The molecule has 1 aromatic heterocycles. The number of fused-ring (bicyclic) bond motifs is 1. The zero-order valence-electron chi connectivity index (χ0n) is 17.3. The van der Waals surface area contributed by atoms with Gasteiger partial charge in [0.1, 0.15) is 5.82 Å². The van der Waals surface area contributed by atoms with Gasteiger partial charge in [-0.05, 0) is 43.8 Å². The monoisotopic (exact) mass is 433 g/mol. The molecule has 1 atom stereocenters. The van der Waals surface area contributed by atoms with E-state index in [1.807, 2.05) is 0 Å². The summed E-state index contributed by atoms with van der Waals surface area (Å²) >= 11 is 5.10. The van der Waals surface area contributed by atoms with Crippen LogP contribution in [0.3, 0.4) is 0 Å². The first-order valence-electron chi connectivity index (χ1n) is 9.17. The largest absolute Gasteiger partial charge is 0.493 e. The highest BCUT2D eigenvalue weighted by atomic mass is 32.1. The van der Waals surface area contributed by atoms with Crippen LogP contribution in [0.4, 0.5) is 5.82 Å². The first kappa shape index (κ1) is 21.4. The Bertz CT molecular complexity index is 1110. The van der Waals surface area contributed by atoms with Crippen molar-refractivity contribution < 1.29 is 23.7 Å². The Morgan fingerprint density at radius 1 is 1.10 bits per heavy atom. The molecule has 0 spiro atoms. The van der Waals surface area contributed by atoms with Gasteiger partial charge in [0.25, 0.3) is 5.56 Å². The molecule has 160 valence electrons. The molecule has 0 amide bonds. The van der Waals surface area contributed by atoms with E-state index < -0.39 is 17.4 Å². The molecule has 1 aliphatic rings. The minimum absolute atomic E-state index is 0.169. The van der Waals surface area contributed by atoms with Crippen LogP contribution in [-0.4, -0.2) is 43.9 Å². The first-order valence-corrected chi connectivity index (χ1v) is 9.58. The minimum Gasteiger partial charge on any atom is -0.493 e. The smallest absolute Gasteiger partial charge is 0.336 e. The van der Waals surface area contributed by atoms with Gasteiger partial charge in [-0.3, -0.25) is 9.78 Å². The molecule has 1 aromatic carbocycles. The van der Waals surface area contributed by atoms with Crippen LogP contribution in [0, 0.1) is 4.77 Å². The summed E-state index contributed by atoms with van der Waals surface area (Å²) in [6, 6.07) is 3.41. The molecule has 1 aliphatic heterocycles. The van der Waals surface area contributed by atoms with Crippen molar-refractivity contribution in [1.82, 2.24) is 9.97 Å². The van der Waals surface area contributed by atoms with Crippen LogP contribution < -0.4 is 25.1 Å². The molecule has 2 aromatic rings. The van der Waals surface area contributed by atoms with Crippen LogP contribution in [0.5, 0.6) is 17.2 Å². The van der Waals surface area contributed by atoms with E-state index in [2.05, 4.69) is 15.3 Å².